The molecule has 0 aliphatic carbocycles. The first kappa shape index (κ1) is 16.4. The molecule has 0 radical (unpaired) electrons. The van der Waals surface area contributed by atoms with E-state index in [2.05, 4.69) is 6.58 Å². The fourth-order valence-corrected chi connectivity index (χ4v) is 2.54. The molecule has 1 aromatic carbocycles. The van der Waals surface area contributed by atoms with Gasteiger partial charge < -0.3 is 0 Å². The van der Waals surface area contributed by atoms with E-state index >= 15 is 0 Å². The second-order valence-electron chi connectivity index (χ2n) is 5.48. The monoisotopic (exact) mass is 301 g/mol. The molecule has 0 spiro atoms. The number of carbonyl (C=O) groups is 2. The van der Waals surface area contributed by atoms with E-state index in [-0.39, 0.29) is 11.8 Å². The molecule has 0 fully saturated rings. The van der Waals surface area contributed by atoms with Crippen LogP contribution in [0.2, 0.25) is 0 Å². The number of allylic oxidation sites excluding steroid dienone is 1. The Hall–Kier alpha value is -1.94. The van der Waals surface area contributed by atoms with Crippen LogP contribution in [-0.2, 0) is 4.84 Å². The average molecular weight is 301 g/mol. The standard InChI is InChI=1S/C18H23NO3/c1-2-3-4-5-6-7-8-11-14-22-19-17(20)15-12-9-10-13-16(15)18(19)21/h2,9-10,12-13H,1,3-8,11,14H2. The molecule has 2 amide bonds. The van der Waals surface area contributed by atoms with E-state index in [1.54, 1.807) is 24.3 Å². The van der Waals surface area contributed by atoms with Crippen molar-refractivity contribution < 1.29 is 14.4 Å². The van der Waals surface area contributed by atoms with Gasteiger partial charge in [0.05, 0.1) is 17.7 Å². The zero-order valence-corrected chi connectivity index (χ0v) is 12.9. The van der Waals surface area contributed by atoms with Crippen LogP contribution in [0, 0.1) is 0 Å². The number of benzene rings is 1. The molecule has 1 aliphatic heterocycles. The summed E-state index contributed by atoms with van der Waals surface area (Å²) in [6, 6.07) is 6.81. The van der Waals surface area contributed by atoms with Gasteiger partial charge >= 0.3 is 0 Å². The minimum atomic E-state index is -0.356. The van der Waals surface area contributed by atoms with Crippen LogP contribution >= 0.6 is 0 Å². The van der Waals surface area contributed by atoms with Gasteiger partial charge in [0.2, 0.25) is 0 Å². The first-order valence-electron chi connectivity index (χ1n) is 7.97. The third kappa shape index (κ3) is 4.04. The van der Waals surface area contributed by atoms with E-state index in [4.69, 9.17) is 4.84 Å². The Morgan fingerprint density at radius 2 is 1.45 bits per heavy atom. The molecule has 1 aromatic rings. The zero-order valence-electron chi connectivity index (χ0n) is 12.9. The Morgan fingerprint density at radius 3 is 2.05 bits per heavy atom. The maximum Gasteiger partial charge on any atom is 0.285 e. The number of nitrogens with zero attached hydrogens (tertiary/aromatic N) is 1. The van der Waals surface area contributed by atoms with E-state index in [0.717, 1.165) is 30.7 Å². The predicted octanol–water partition coefficient (Wildman–Crippen LogP) is 4.13. The minimum Gasteiger partial charge on any atom is -0.266 e. The fourth-order valence-electron chi connectivity index (χ4n) is 2.54. The molecule has 1 heterocycles. The second-order valence-corrected chi connectivity index (χ2v) is 5.48. The summed E-state index contributed by atoms with van der Waals surface area (Å²) in [4.78, 5) is 29.5. The van der Waals surface area contributed by atoms with Gasteiger partial charge in [-0.15, -0.1) is 11.6 Å². The lowest BCUT2D eigenvalue weighted by Gasteiger charge is -2.13. The molecule has 2 rings (SSSR count). The average Bonchev–Trinajstić information content (AvgIpc) is 2.78. The highest BCUT2D eigenvalue weighted by atomic mass is 16.7. The highest BCUT2D eigenvalue weighted by molar-refractivity contribution is 6.20. The molecular weight excluding hydrogens is 278 g/mol. The van der Waals surface area contributed by atoms with Gasteiger partial charge in [0.1, 0.15) is 0 Å². The minimum absolute atomic E-state index is 0.356. The van der Waals surface area contributed by atoms with Crippen LogP contribution in [-0.4, -0.2) is 23.5 Å². The maximum atomic E-state index is 12.0. The first-order chi connectivity index (χ1) is 10.8. The number of hydroxylamine groups is 2. The molecule has 0 saturated heterocycles. The number of imide groups is 1. The molecule has 4 nitrogen and oxygen atoms in total. The summed E-state index contributed by atoms with van der Waals surface area (Å²) in [7, 11) is 0. The summed E-state index contributed by atoms with van der Waals surface area (Å²) in [5.74, 6) is -0.713. The third-order valence-electron chi connectivity index (χ3n) is 3.78. The predicted molar refractivity (Wildman–Crippen MR) is 85.4 cm³/mol. The van der Waals surface area contributed by atoms with Crippen molar-refractivity contribution in [3.05, 3.63) is 48.0 Å². The van der Waals surface area contributed by atoms with Crippen LogP contribution in [0.4, 0.5) is 0 Å². The summed E-state index contributed by atoms with van der Waals surface area (Å²) < 4.78 is 0. The Balaban J connectivity index is 1.63. The number of hydrogen-bond acceptors (Lipinski definition) is 3. The highest BCUT2D eigenvalue weighted by Crippen LogP contribution is 2.22. The smallest absolute Gasteiger partial charge is 0.266 e. The van der Waals surface area contributed by atoms with Gasteiger partial charge in [-0.2, -0.15) is 0 Å². The molecule has 22 heavy (non-hydrogen) atoms. The topological polar surface area (TPSA) is 46.6 Å². The van der Waals surface area contributed by atoms with Crippen molar-refractivity contribution in [3.8, 4) is 0 Å². The molecule has 0 N–H and O–H groups in total. The van der Waals surface area contributed by atoms with Crippen molar-refractivity contribution in [1.29, 1.82) is 0 Å². The molecular formula is C18H23NO3. The van der Waals surface area contributed by atoms with Crippen LogP contribution in [0.25, 0.3) is 0 Å². The van der Waals surface area contributed by atoms with Crippen LogP contribution in [0.15, 0.2) is 36.9 Å². The zero-order chi connectivity index (χ0) is 15.8. The number of rotatable bonds is 10. The molecule has 0 bridgehead atoms. The molecule has 4 heteroatoms. The van der Waals surface area contributed by atoms with E-state index in [9.17, 15) is 9.59 Å². The number of unbranched alkanes of at least 4 members (excludes halogenated alkanes) is 6. The number of hydrogen-bond donors (Lipinski definition) is 0. The van der Waals surface area contributed by atoms with Crippen LogP contribution in [0.5, 0.6) is 0 Å². The molecule has 0 unspecified atom stereocenters. The van der Waals surface area contributed by atoms with E-state index < -0.39 is 0 Å². The first-order valence-corrected chi connectivity index (χ1v) is 7.97. The lowest BCUT2D eigenvalue weighted by atomic mass is 10.1. The van der Waals surface area contributed by atoms with Gasteiger partial charge in [0, 0.05) is 0 Å². The van der Waals surface area contributed by atoms with Crippen molar-refractivity contribution in [2.75, 3.05) is 6.61 Å². The lowest BCUT2D eigenvalue weighted by Crippen LogP contribution is -2.30. The van der Waals surface area contributed by atoms with Gasteiger partial charge in [0.25, 0.3) is 11.8 Å². The fraction of sp³-hybridized carbons (Fsp3) is 0.444. The van der Waals surface area contributed by atoms with Crippen molar-refractivity contribution >= 4 is 11.8 Å². The van der Waals surface area contributed by atoms with E-state index in [0.29, 0.717) is 17.7 Å². The van der Waals surface area contributed by atoms with Crippen LogP contribution in [0.1, 0.15) is 65.7 Å². The second kappa shape index (κ2) is 8.49. The Kier molecular flexibility index (Phi) is 6.34. The van der Waals surface area contributed by atoms with Crippen molar-refractivity contribution in [2.24, 2.45) is 0 Å². The lowest BCUT2D eigenvalue weighted by molar-refractivity contribution is -0.0922. The summed E-state index contributed by atoms with van der Waals surface area (Å²) in [5.41, 5.74) is 0.851. The van der Waals surface area contributed by atoms with Gasteiger partial charge in [-0.3, -0.25) is 14.4 Å². The van der Waals surface area contributed by atoms with Crippen molar-refractivity contribution in [3.63, 3.8) is 0 Å². The van der Waals surface area contributed by atoms with Crippen LogP contribution in [0.3, 0.4) is 0 Å². The van der Waals surface area contributed by atoms with Crippen LogP contribution < -0.4 is 0 Å². The summed E-state index contributed by atoms with van der Waals surface area (Å²) in [5, 5.41) is 0.898. The van der Waals surface area contributed by atoms with Gasteiger partial charge in [-0.05, 0) is 31.4 Å². The SMILES string of the molecule is C=CCCCCCCCCON1C(=O)c2ccccc2C1=O. The molecule has 0 saturated carbocycles. The van der Waals surface area contributed by atoms with E-state index in [1.165, 1.54) is 19.3 Å². The quantitative estimate of drug-likeness (QED) is 0.371. The summed E-state index contributed by atoms with van der Waals surface area (Å²) in [6.45, 7) is 4.11. The van der Waals surface area contributed by atoms with Gasteiger partial charge in [-0.1, -0.05) is 43.9 Å². The largest absolute Gasteiger partial charge is 0.285 e. The third-order valence-corrected chi connectivity index (χ3v) is 3.78. The number of carbonyl (C=O) groups excluding carboxylic acids is 2. The molecule has 0 atom stereocenters. The maximum absolute atomic E-state index is 12.0. The normalized spacial score (nSPS) is 13.5. The summed E-state index contributed by atoms with van der Waals surface area (Å²) in [6.07, 6.45) is 9.74. The van der Waals surface area contributed by atoms with Gasteiger partial charge in [-0.25, -0.2) is 0 Å². The number of fused-ring (bicyclic) bond motifs is 1. The van der Waals surface area contributed by atoms with Crippen molar-refractivity contribution in [2.45, 2.75) is 44.9 Å². The molecule has 1 aliphatic rings. The number of amides is 2. The molecule has 0 aromatic heterocycles. The Labute approximate surface area is 131 Å². The Morgan fingerprint density at radius 1 is 0.909 bits per heavy atom. The molecule has 118 valence electrons. The Bertz CT molecular complexity index is 504. The van der Waals surface area contributed by atoms with Crippen molar-refractivity contribution in [1.82, 2.24) is 5.06 Å². The van der Waals surface area contributed by atoms with Gasteiger partial charge in [0.15, 0.2) is 0 Å². The van der Waals surface area contributed by atoms with E-state index in [1.807, 2.05) is 6.08 Å². The highest BCUT2D eigenvalue weighted by Gasteiger charge is 2.36. The summed E-state index contributed by atoms with van der Waals surface area (Å²) >= 11 is 0.